The Morgan fingerprint density at radius 2 is 1.21 bits per heavy atom. The lowest BCUT2D eigenvalue weighted by molar-refractivity contribution is -0.212. The van der Waals surface area contributed by atoms with Crippen molar-refractivity contribution in [3.05, 3.63) is 0 Å². The standard InChI is InChI=1S/C24H50N2O2/c1-2-3-4-5-6-7-8-9-10-11-12-13-17-24(18-15-20-26)23(16-14-19-25)27-21-22-28-24/h23H,2-22,25-26H2,1H3. The summed E-state index contributed by atoms with van der Waals surface area (Å²) >= 11 is 0. The normalized spacial score (nSPS) is 22.6. The van der Waals surface area contributed by atoms with Crippen molar-refractivity contribution in [2.24, 2.45) is 11.5 Å². The molecule has 0 bridgehead atoms. The van der Waals surface area contributed by atoms with Gasteiger partial charge in [-0.25, -0.2) is 0 Å². The molecule has 0 saturated carbocycles. The van der Waals surface area contributed by atoms with Gasteiger partial charge in [-0.1, -0.05) is 84.0 Å². The van der Waals surface area contributed by atoms with Gasteiger partial charge in [0.05, 0.1) is 24.9 Å². The second-order valence-corrected chi connectivity index (χ2v) is 8.73. The van der Waals surface area contributed by atoms with Gasteiger partial charge >= 0.3 is 0 Å². The molecule has 0 aromatic rings. The zero-order chi connectivity index (χ0) is 20.3. The van der Waals surface area contributed by atoms with E-state index in [1.165, 1.54) is 77.0 Å². The summed E-state index contributed by atoms with van der Waals surface area (Å²) in [7, 11) is 0. The molecule has 1 saturated heterocycles. The van der Waals surface area contributed by atoms with E-state index in [0.717, 1.165) is 58.4 Å². The lowest BCUT2D eigenvalue weighted by Gasteiger charge is -2.44. The van der Waals surface area contributed by atoms with Crippen molar-refractivity contribution in [1.29, 1.82) is 0 Å². The molecule has 2 atom stereocenters. The number of hydrogen-bond donors (Lipinski definition) is 2. The van der Waals surface area contributed by atoms with E-state index in [2.05, 4.69) is 6.92 Å². The van der Waals surface area contributed by atoms with Crippen LogP contribution in [0.3, 0.4) is 0 Å². The van der Waals surface area contributed by atoms with Crippen LogP contribution < -0.4 is 11.5 Å². The van der Waals surface area contributed by atoms with E-state index in [0.29, 0.717) is 0 Å². The second kappa shape index (κ2) is 17.7. The molecule has 0 amide bonds. The molecule has 28 heavy (non-hydrogen) atoms. The topological polar surface area (TPSA) is 70.5 Å². The minimum absolute atomic E-state index is 0.120. The van der Waals surface area contributed by atoms with Crippen molar-refractivity contribution in [3.63, 3.8) is 0 Å². The molecule has 1 aliphatic heterocycles. The number of rotatable bonds is 19. The number of unbranched alkanes of at least 4 members (excludes halogenated alkanes) is 11. The Hall–Kier alpha value is -0.160. The van der Waals surface area contributed by atoms with Gasteiger partial charge in [-0.2, -0.15) is 0 Å². The fourth-order valence-corrected chi connectivity index (χ4v) is 4.59. The largest absolute Gasteiger partial charge is 0.373 e. The zero-order valence-corrected chi connectivity index (χ0v) is 18.9. The van der Waals surface area contributed by atoms with Gasteiger partial charge in [0.15, 0.2) is 0 Å². The van der Waals surface area contributed by atoms with Crippen molar-refractivity contribution in [2.75, 3.05) is 26.3 Å². The van der Waals surface area contributed by atoms with Gasteiger partial charge in [0.25, 0.3) is 0 Å². The highest BCUT2D eigenvalue weighted by atomic mass is 16.6. The van der Waals surface area contributed by atoms with Crippen LogP contribution in [0.1, 0.15) is 116 Å². The van der Waals surface area contributed by atoms with Crippen molar-refractivity contribution in [3.8, 4) is 0 Å². The van der Waals surface area contributed by atoms with E-state index in [4.69, 9.17) is 20.9 Å². The van der Waals surface area contributed by atoms with Crippen molar-refractivity contribution in [2.45, 2.75) is 128 Å². The third kappa shape index (κ3) is 11.1. The monoisotopic (exact) mass is 398 g/mol. The van der Waals surface area contributed by atoms with Gasteiger partial charge in [-0.05, 0) is 45.2 Å². The highest BCUT2D eigenvalue weighted by molar-refractivity contribution is 4.92. The number of hydrogen-bond acceptors (Lipinski definition) is 4. The maximum absolute atomic E-state index is 6.36. The average molecular weight is 399 g/mol. The summed E-state index contributed by atoms with van der Waals surface area (Å²) in [5.41, 5.74) is 11.4. The van der Waals surface area contributed by atoms with Crippen LogP contribution in [0.15, 0.2) is 0 Å². The predicted molar refractivity (Wildman–Crippen MR) is 121 cm³/mol. The van der Waals surface area contributed by atoms with Gasteiger partial charge in [0, 0.05) is 0 Å². The molecule has 0 aromatic carbocycles. The smallest absolute Gasteiger partial charge is 0.0944 e. The van der Waals surface area contributed by atoms with E-state index in [9.17, 15) is 0 Å². The van der Waals surface area contributed by atoms with Gasteiger partial charge in [0.1, 0.15) is 0 Å². The van der Waals surface area contributed by atoms with Gasteiger partial charge < -0.3 is 20.9 Å². The van der Waals surface area contributed by atoms with Gasteiger partial charge in [-0.3, -0.25) is 0 Å². The highest BCUT2D eigenvalue weighted by Gasteiger charge is 2.41. The Kier molecular flexibility index (Phi) is 16.3. The maximum Gasteiger partial charge on any atom is 0.0944 e. The minimum Gasteiger partial charge on any atom is -0.373 e. The Morgan fingerprint density at radius 1 is 0.679 bits per heavy atom. The average Bonchev–Trinajstić information content (AvgIpc) is 2.72. The molecule has 4 N–H and O–H groups in total. The molecule has 0 spiro atoms. The van der Waals surface area contributed by atoms with Crippen LogP contribution >= 0.6 is 0 Å². The van der Waals surface area contributed by atoms with Crippen LogP contribution in [0, 0.1) is 0 Å². The SMILES string of the molecule is CCCCCCCCCCCCCCC1(CCCN)OCCOC1CCCN. The summed E-state index contributed by atoms with van der Waals surface area (Å²) in [6.45, 7) is 5.19. The van der Waals surface area contributed by atoms with Gasteiger partial charge in [-0.15, -0.1) is 0 Å². The van der Waals surface area contributed by atoms with Crippen LogP contribution in [-0.4, -0.2) is 38.0 Å². The molecule has 168 valence electrons. The van der Waals surface area contributed by atoms with E-state index in [1.54, 1.807) is 0 Å². The summed E-state index contributed by atoms with van der Waals surface area (Å²) in [6, 6.07) is 0. The lowest BCUT2D eigenvalue weighted by atomic mass is 9.82. The molecule has 4 heteroatoms. The Morgan fingerprint density at radius 3 is 1.79 bits per heavy atom. The molecule has 1 fully saturated rings. The zero-order valence-electron chi connectivity index (χ0n) is 18.9. The fourth-order valence-electron chi connectivity index (χ4n) is 4.59. The molecule has 1 heterocycles. The molecular weight excluding hydrogens is 348 g/mol. The summed E-state index contributed by atoms with van der Waals surface area (Å²) in [6.07, 6.45) is 22.0. The predicted octanol–water partition coefficient (Wildman–Crippen LogP) is 5.71. The lowest BCUT2D eigenvalue weighted by Crippen LogP contribution is -2.51. The Bertz CT molecular complexity index is 341. The molecule has 4 nitrogen and oxygen atoms in total. The quantitative estimate of drug-likeness (QED) is 0.273. The first-order valence-electron chi connectivity index (χ1n) is 12.4. The first-order valence-corrected chi connectivity index (χ1v) is 12.4. The molecular formula is C24H50N2O2. The van der Waals surface area contributed by atoms with Crippen LogP contribution in [0.4, 0.5) is 0 Å². The Labute approximate surface area is 175 Å². The van der Waals surface area contributed by atoms with E-state index in [1.807, 2.05) is 0 Å². The van der Waals surface area contributed by atoms with Gasteiger partial charge in [0.2, 0.25) is 0 Å². The molecule has 1 rings (SSSR count). The first-order chi connectivity index (χ1) is 13.8. The van der Waals surface area contributed by atoms with Crippen LogP contribution in [-0.2, 0) is 9.47 Å². The summed E-state index contributed by atoms with van der Waals surface area (Å²) in [5, 5.41) is 0. The molecule has 0 radical (unpaired) electrons. The third-order valence-electron chi connectivity index (χ3n) is 6.31. The van der Waals surface area contributed by atoms with E-state index in [-0.39, 0.29) is 11.7 Å². The van der Waals surface area contributed by atoms with Crippen LogP contribution in [0.25, 0.3) is 0 Å². The number of ether oxygens (including phenoxy) is 2. The summed E-state index contributed by atoms with van der Waals surface area (Å²) < 4.78 is 12.5. The first kappa shape index (κ1) is 25.9. The number of nitrogens with two attached hydrogens (primary N) is 2. The van der Waals surface area contributed by atoms with Crippen LogP contribution in [0.5, 0.6) is 0 Å². The summed E-state index contributed by atoms with van der Waals surface area (Å²) in [4.78, 5) is 0. The second-order valence-electron chi connectivity index (χ2n) is 8.73. The fraction of sp³-hybridized carbons (Fsp3) is 1.00. The van der Waals surface area contributed by atoms with Crippen molar-refractivity contribution < 1.29 is 9.47 Å². The molecule has 0 aliphatic carbocycles. The maximum atomic E-state index is 6.36. The van der Waals surface area contributed by atoms with Crippen molar-refractivity contribution >= 4 is 0 Å². The third-order valence-corrected chi connectivity index (χ3v) is 6.31. The summed E-state index contributed by atoms with van der Waals surface area (Å²) in [5.74, 6) is 0. The highest BCUT2D eigenvalue weighted by Crippen LogP contribution is 2.35. The molecule has 0 aromatic heterocycles. The van der Waals surface area contributed by atoms with E-state index >= 15 is 0 Å². The minimum atomic E-state index is -0.120. The molecule has 1 aliphatic rings. The van der Waals surface area contributed by atoms with Crippen LogP contribution in [0.2, 0.25) is 0 Å². The Balaban J connectivity index is 2.19. The van der Waals surface area contributed by atoms with Crippen molar-refractivity contribution in [1.82, 2.24) is 0 Å². The molecule has 2 unspecified atom stereocenters. The van der Waals surface area contributed by atoms with E-state index < -0.39 is 0 Å².